The Labute approximate surface area is 242 Å². The Bertz CT molecular complexity index is 2530. The molecule has 4 aliphatic rings. The lowest BCUT2D eigenvalue weighted by molar-refractivity contribution is 0.298. The zero-order chi connectivity index (χ0) is 28.7. The van der Waals surface area contributed by atoms with Gasteiger partial charge < -0.3 is 15.2 Å². The molecule has 8 bridgehead atoms. The van der Waals surface area contributed by atoms with E-state index in [1.807, 2.05) is 72.8 Å². The molecular formula is C33H18N8O2. The minimum atomic E-state index is -0.795. The van der Waals surface area contributed by atoms with Crippen LogP contribution in [0.5, 0.6) is 0 Å². The highest BCUT2D eigenvalue weighted by Crippen LogP contribution is 2.25. The van der Waals surface area contributed by atoms with Gasteiger partial charge in [0.2, 0.25) is 0 Å². The third-order valence-electron chi connectivity index (χ3n) is 7.75. The first-order chi connectivity index (χ1) is 21.1. The number of hydrogen-bond donors (Lipinski definition) is 3. The van der Waals surface area contributed by atoms with Crippen LogP contribution < -0.4 is 21.4 Å². The third kappa shape index (κ3) is 3.50. The molecule has 5 aromatic rings. The SMILES string of the molecule is OC(O)=c1ccc2c(c1)C1=NC=2N=C2N=C(N=c3[nH]c(c4ccccc34)=NC3=NC(=N1)c1ccccc13)c1ccccc12. The van der Waals surface area contributed by atoms with Crippen LogP contribution in [-0.4, -0.2) is 44.4 Å². The number of aromatic nitrogens is 1. The Morgan fingerprint density at radius 2 is 0.907 bits per heavy atom. The summed E-state index contributed by atoms with van der Waals surface area (Å²) < 4.78 is 0. The number of aliphatic imine (C=N–C) groups is 5. The summed E-state index contributed by atoms with van der Waals surface area (Å²) in [5, 5.41) is 22.4. The molecule has 0 fully saturated rings. The monoisotopic (exact) mass is 558 g/mol. The molecule has 4 aromatic carbocycles. The van der Waals surface area contributed by atoms with Gasteiger partial charge in [-0.3, -0.25) is 0 Å². The van der Waals surface area contributed by atoms with Gasteiger partial charge in [-0.2, -0.15) is 0 Å². The van der Waals surface area contributed by atoms with E-state index in [4.69, 9.17) is 34.9 Å². The maximum absolute atomic E-state index is 9.83. The van der Waals surface area contributed by atoms with Gasteiger partial charge in [0.25, 0.3) is 5.95 Å². The molecule has 0 amide bonds. The molecule has 10 heteroatoms. The van der Waals surface area contributed by atoms with Crippen molar-refractivity contribution in [2.24, 2.45) is 34.9 Å². The van der Waals surface area contributed by atoms with E-state index in [2.05, 4.69) is 4.98 Å². The average molecular weight is 559 g/mol. The van der Waals surface area contributed by atoms with E-state index in [0.717, 1.165) is 33.0 Å². The number of aliphatic hydroxyl groups is 2. The lowest BCUT2D eigenvalue weighted by atomic mass is 10.1. The highest BCUT2D eigenvalue weighted by Gasteiger charge is 2.26. The van der Waals surface area contributed by atoms with Gasteiger partial charge in [0.15, 0.2) is 35.0 Å². The molecule has 5 heterocycles. The summed E-state index contributed by atoms with van der Waals surface area (Å²) in [6, 6.07) is 28.5. The molecule has 0 radical (unpaired) electrons. The van der Waals surface area contributed by atoms with Crippen LogP contribution in [0.15, 0.2) is 126 Å². The number of amidine groups is 5. The number of nitrogens with zero attached hydrogens (tertiary/aromatic N) is 7. The molecule has 0 saturated heterocycles. The lowest BCUT2D eigenvalue weighted by Crippen LogP contribution is -2.18. The summed E-state index contributed by atoms with van der Waals surface area (Å²) >= 11 is 0. The van der Waals surface area contributed by atoms with E-state index in [0.29, 0.717) is 56.8 Å². The van der Waals surface area contributed by atoms with E-state index in [-0.39, 0.29) is 5.22 Å². The first-order valence-corrected chi connectivity index (χ1v) is 13.5. The van der Waals surface area contributed by atoms with Crippen molar-refractivity contribution in [2.45, 2.75) is 0 Å². The van der Waals surface area contributed by atoms with Crippen molar-refractivity contribution in [1.82, 2.24) is 4.98 Å². The van der Waals surface area contributed by atoms with Crippen LogP contribution in [0, 0.1) is 0 Å². The summed E-state index contributed by atoms with van der Waals surface area (Å²) in [6.07, 6.45) is 0. The van der Waals surface area contributed by atoms with Crippen molar-refractivity contribution >= 4 is 51.7 Å². The molecule has 43 heavy (non-hydrogen) atoms. The molecule has 0 atom stereocenters. The third-order valence-corrected chi connectivity index (χ3v) is 7.75. The van der Waals surface area contributed by atoms with Gasteiger partial charge in [-0.15, -0.1) is 0 Å². The molecule has 0 saturated carbocycles. The summed E-state index contributed by atoms with van der Waals surface area (Å²) in [4.78, 5) is 37.6. The minimum Gasteiger partial charge on any atom is -0.481 e. The second-order valence-electron chi connectivity index (χ2n) is 10.3. The van der Waals surface area contributed by atoms with Crippen LogP contribution >= 0.6 is 0 Å². The second kappa shape index (κ2) is 8.60. The van der Waals surface area contributed by atoms with Crippen molar-refractivity contribution in [3.63, 3.8) is 0 Å². The molecule has 3 N–H and O–H groups in total. The largest absolute Gasteiger partial charge is 0.481 e. The van der Waals surface area contributed by atoms with Gasteiger partial charge in [-0.05, 0) is 18.2 Å². The number of aliphatic hydroxyl groups excluding tert-OH is 1. The van der Waals surface area contributed by atoms with Gasteiger partial charge in [0, 0.05) is 43.8 Å². The Hall–Kier alpha value is -6.29. The van der Waals surface area contributed by atoms with Crippen LogP contribution in [-0.2, 0) is 0 Å². The van der Waals surface area contributed by atoms with Gasteiger partial charge in [0.1, 0.15) is 11.0 Å². The maximum Gasteiger partial charge on any atom is 0.281 e. The van der Waals surface area contributed by atoms with Gasteiger partial charge in [0.05, 0.1) is 5.22 Å². The average Bonchev–Trinajstić information content (AvgIpc) is 3.76. The Kier molecular flexibility index (Phi) is 4.69. The first-order valence-electron chi connectivity index (χ1n) is 13.5. The molecule has 4 aliphatic heterocycles. The predicted molar refractivity (Wildman–Crippen MR) is 164 cm³/mol. The number of H-pyrrole nitrogens is 1. The number of benzene rings is 4. The fourth-order valence-corrected chi connectivity index (χ4v) is 5.71. The highest BCUT2D eigenvalue weighted by atomic mass is 16.5. The van der Waals surface area contributed by atoms with Crippen molar-refractivity contribution < 1.29 is 10.2 Å². The van der Waals surface area contributed by atoms with Crippen LogP contribution in [0.3, 0.4) is 0 Å². The lowest BCUT2D eigenvalue weighted by Gasteiger charge is -2.00. The van der Waals surface area contributed by atoms with Crippen molar-refractivity contribution in [1.29, 1.82) is 0 Å². The minimum absolute atomic E-state index is 0.233. The molecule has 202 valence electrons. The summed E-state index contributed by atoms with van der Waals surface area (Å²) in [5.41, 5.74) is 5.15. The Morgan fingerprint density at radius 1 is 0.465 bits per heavy atom. The fourth-order valence-electron chi connectivity index (χ4n) is 5.71. The topological polar surface area (TPSA) is 143 Å². The number of hydrogen-bond acceptors (Lipinski definition) is 9. The zero-order valence-corrected chi connectivity index (χ0v) is 22.2. The number of fused-ring (bicyclic) bond motifs is 16. The Morgan fingerprint density at radius 3 is 1.42 bits per heavy atom. The van der Waals surface area contributed by atoms with Crippen LogP contribution in [0.1, 0.15) is 27.8 Å². The second-order valence-corrected chi connectivity index (χ2v) is 10.3. The van der Waals surface area contributed by atoms with Crippen LogP contribution in [0.2, 0.25) is 0 Å². The summed E-state index contributed by atoms with van der Waals surface area (Å²) in [6.45, 7) is 0. The van der Waals surface area contributed by atoms with Crippen LogP contribution in [0.4, 0.5) is 0 Å². The molecule has 0 spiro atoms. The normalized spacial score (nSPS) is 15.7. The zero-order valence-electron chi connectivity index (χ0n) is 22.2. The van der Waals surface area contributed by atoms with Gasteiger partial charge in [-0.1, -0.05) is 72.8 Å². The predicted octanol–water partition coefficient (Wildman–Crippen LogP) is 2.54. The molecule has 0 aliphatic carbocycles. The van der Waals surface area contributed by atoms with Gasteiger partial charge in [-0.25, -0.2) is 34.9 Å². The van der Waals surface area contributed by atoms with Crippen molar-refractivity contribution in [3.8, 4) is 0 Å². The van der Waals surface area contributed by atoms with E-state index < -0.39 is 5.95 Å². The van der Waals surface area contributed by atoms with E-state index in [1.54, 1.807) is 18.2 Å². The Balaban J connectivity index is 1.42. The molecular weight excluding hydrogens is 540 g/mol. The van der Waals surface area contributed by atoms with E-state index >= 15 is 0 Å². The highest BCUT2D eigenvalue weighted by molar-refractivity contribution is 6.26. The molecule has 10 nitrogen and oxygen atoms in total. The van der Waals surface area contributed by atoms with Crippen molar-refractivity contribution in [2.75, 3.05) is 0 Å². The van der Waals surface area contributed by atoms with Crippen LogP contribution in [0.25, 0.3) is 22.5 Å². The molecule has 9 rings (SSSR count). The molecule has 0 unspecified atom stereocenters. The number of rotatable bonds is 0. The first kappa shape index (κ1) is 23.4. The quantitative estimate of drug-likeness (QED) is 0.269. The van der Waals surface area contributed by atoms with E-state index in [9.17, 15) is 10.2 Å². The maximum atomic E-state index is 9.83. The fraction of sp³-hybridized carbons (Fsp3) is 0. The number of aromatic amines is 1. The molecule has 1 aromatic heterocycles. The standard InChI is InChI=1S/C33H18N8O2/c42-33(43)16-13-14-23-24(15-16)32-40-30-22-12-6-5-11-21(22)28(38-30)36-26-18-8-2-1-7-17(18)25(34-26)35-27-19-9-3-4-10-20(19)29(37-27)39-31(23)41-32/h1-15,42-43H,(H,34,35,36,37,38,39,40,41). The summed E-state index contributed by atoms with van der Waals surface area (Å²) in [7, 11) is 0. The van der Waals surface area contributed by atoms with Gasteiger partial charge >= 0.3 is 0 Å². The van der Waals surface area contributed by atoms with E-state index in [1.165, 1.54) is 0 Å². The van der Waals surface area contributed by atoms with Crippen molar-refractivity contribution in [3.05, 3.63) is 140 Å². The number of nitrogens with one attached hydrogen (secondary N) is 1. The summed E-state index contributed by atoms with van der Waals surface area (Å²) in [5.74, 6) is 1.86. The smallest absolute Gasteiger partial charge is 0.281 e.